The minimum Gasteiger partial charge on any atom is -0.460 e. The van der Waals surface area contributed by atoms with E-state index in [1.165, 1.54) is 25.7 Å². The highest BCUT2D eigenvalue weighted by atomic mass is 16.6. The molecule has 0 bridgehead atoms. The van der Waals surface area contributed by atoms with Crippen molar-refractivity contribution in [1.82, 2.24) is 5.32 Å². The minimum absolute atomic E-state index is 0.000509. The van der Waals surface area contributed by atoms with Gasteiger partial charge in [-0.05, 0) is 56.4 Å². The van der Waals surface area contributed by atoms with E-state index in [0.29, 0.717) is 5.92 Å². The van der Waals surface area contributed by atoms with Crippen molar-refractivity contribution in [2.24, 2.45) is 28.4 Å². The Balaban J connectivity index is 0.000000433. The second kappa shape index (κ2) is 15.6. The van der Waals surface area contributed by atoms with Crippen LogP contribution < -0.4 is 11.1 Å². The number of esters is 2. The van der Waals surface area contributed by atoms with Crippen LogP contribution in [0, 0.1) is 22.7 Å². The van der Waals surface area contributed by atoms with Crippen molar-refractivity contribution >= 4 is 17.8 Å². The summed E-state index contributed by atoms with van der Waals surface area (Å²) >= 11 is 0. The fourth-order valence-electron chi connectivity index (χ4n) is 4.24. The third kappa shape index (κ3) is 14.3. The molecule has 7 heteroatoms. The van der Waals surface area contributed by atoms with Crippen molar-refractivity contribution < 1.29 is 23.9 Å². The number of carbonyl (C=O) groups is 3. The smallest absolute Gasteiger partial charge is 0.323 e. The van der Waals surface area contributed by atoms with Crippen molar-refractivity contribution in [3.8, 4) is 0 Å². The first-order chi connectivity index (χ1) is 18.3. The molecule has 3 atom stereocenters. The number of carbonyl (C=O) groups excluding carboxylic acids is 3. The van der Waals surface area contributed by atoms with Crippen LogP contribution in [0.15, 0.2) is 30.3 Å². The number of hydrogen-bond donors (Lipinski definition) is 2. The normalized spacial score (nSPS) is 16.7. The lowest BCUT2D eigenvalue weighted by Gasteiger charge is -2.30. The SMILES string of the molecule is CC(C)(C)[C@H](N)C(=O)OCc1ccccc1.C[C@@H](NC(=O)[C@@H](CC(=O)OC(C)(C)C)CC1CCCC1)C(C)(C)C. The Hall–Kier alpha value is -2.41. The standard InChI is InChI=1S/C20H37NO3.C13H19NO2/c1-14(19(2,3)4)21-18(23)16(12-15-10-8-9-11-15)13-17(22)24-20(5,6)7;1-13(2,3)11(14)12(15)16-9-10-7-5-4-6-8-10/h14-16H,8-13H2,1-7H3,(H,21,23);4-8,11H,9,14H2,1-3H3/t14-,16-;11-/m11/s1. The zero-order valence-electron chi connectivity index (χ0n) is 26.8. The third-order valence-corrected chi connectivity index (χ3v) is 7.37. The van der Waals surface area contributed by atoms with E-state index in [4.69, 9.17) is 15.2 Å². The lowest BCUT2D eigenvalue weighted by atomic mass is 9.86. The van der Waals surface area contributed by atoms with Gasteiger partial charge in [0, 0.05) is 12.0 Å². The summed E-state index contributed by atoms with van der Waals surface area (Å²) in [6.07, 6.45) is 5.80. The summed E-state index contributed by atoms with van der Waals surface area (Å²) in [6, 6.07) is 9.04. The Morgan fingerprint density at radius 2 is 1.48 bits per heavy atom. The summed E-state index contributed by atoms with van der Waals surface area (Å²) in [4.78, 5) is 36.6. The summed E-state index contributed by atoms with van der Waals surface area (Å²) in [6.45, 7) is 20.0. The van der Waals surface area contributed by atoms with Gasteiger partial charge in [-0.1, -0.05) is 97.6 Å². The Morgan fingerprint density at radius 1 is 0.925 bits per heavy atom. The maximum atomic E-state index is 12.8. The highest BCUT2D eigenvalue weighted by Crippen LogP contribution is 2.32. The zero-order valence-corrected chi connectivity index (χ0v) is 26.8. The Bertz CT molecular complexity index is 919. The molecule has 0 aliphatic heterocycles. The van der Waals surface area contributed by atoms with Gasteiger partial charge in [0.25, 0.3) is 0 Å². The lowest BCUT2D eigenvalue weighted by Crippen LogP contribution is -2.45. The van der Waals surface area contributed by atoms with E-state index >= 15 is 0 Å². The van der Waals surface area contributed by atoms with Gasteiger partial charge in [-0.2, -0.15) is 0 Å². The van der Waals surface area contributed by atoms with Crippen molar-refractivity contribution in [3.63, 3.8) is 0 Å². The third-order valence-electron chi connectivity index (χ3n) is 7.37. The quantitative estimate of drug-likeness (QED) is 0.331. The fraction of sp³-hybridized carbons (Fsp3) is 0.727. The molecule has 0 spiro atoms. The van der Waals surface area contributed by atoms with Gasteiger partial charge in [0.2, 0.25) is 5.91 Å². The van der Waals surface area contributed by atoms with Crippen LogP contribution in [0.25, 0.3) is 0 Å². The molecule has 0 saturated heterocycles. The average Bonchev–Trinajstić information content (AvgIpc) is 3.33. The van der Waals surface area contributed by atoms with Gasteiger partial charge in [0.15, 0.2) is 0 Å². The lowest BCUT2D eigenvalue weighted by molar-refractivity contribution is -0.157. The predicted molar refractivity (Wildman–Crippen MR) is 161 cm³/mol. The molecule has 0 radical (unpaired) electrons. The molecule has 1 fully saturated rings. The van der Waals surface area contributed by atoms with Crippen molar-refractivity contribution in [1.29, 1.82) is 0 Å². The number of ether oxygens (including phenoxy) is 2. The number of nitrogens with one attached hydrogen (secondary N) is 1. The van der Waals surface area contributed by atoms with Crippen LogP contribution >= 0.6 is 0 Å². The molecule has 1 aromatic rings. The van der Waals surface area contributed by atoms with E-state index in [-0.39, 0.29) is 53.7 Å². The number of hydrogen-bond acceptors (Lipinski definition) is 6. The van der Waals surface area contributed by atoms with Crippen molar-refractivity contribution in [2.45, 2.75) is 132 Å². The second-order valence-electron chi connectivity index (χ2n) is 14.4. The fourth-order valence-corrected chi connectivity index (χ4v) is 4.24. The van der Waals surface area contributed by atoms with Gasteiger partial charge < -0.3 is 20.5 Å². The van der Waals surface area contributed by atoms with E-state index in [1.54, 1.807) is 0 Å². The minimum atomic E-state index is -0.587. The van der Waals surface area contributed by atoms with Crippen molar-refractivity contribution in [3.05, 3.63) is 35.9 Å². The molecule has 228 valence electrons. The molecular weight excluding hydrogens is 504 g/mol. The van der Waals surface area contributed by atoms with Gasteiger partial charge in [-0.25, -0.2) is 0 Å². The summed E-state index contributed by atoms with van der Waals surface area (Å²) in [5.74, 6) is -0.350. The highest BCUT2D eigenvalue weighted by Gasteiger charge is 2.32. The molecule has 0 heterocycles. The van der Waals surface area contributed by atoms with E-state index < -0.39 is 11.6 Å². The topological polar surface area (TPSA) is 108 Å². The summed E-state index contributed by atoms with van der Waals surface area (Å²) in [5, 5.41) is 3.12. The van der Waals surface area contributed by atoms with Crippen LogP contribution in [-0.2, 0) is 30.5 Å². The predicted octanol–water partition coefficient (Wildman–Crippen LogP) is 6.57. The van der Waals surface area contributed by atoms with E-state index in [9.17, 15) is 14.4 Å². The molecule has 3 N–H and O–H groups in total. The van der Waals surface area contributed by atoms with Gasteiger partial charge in [-0.3, -0.25) is 14.4 Å². The Kier molecular flexibility index (Phi) is 13.8. The van der Waals surface area contributed by atoms with Gasteiger partial charge >= 0.3 is 11.9 Å². The monoisotopic (exact) mass is 560 g/mol. The molecule has 0 aromatic heterocycles. The Morgan fingerprint density at radius 3 is 1.95 bits per heavy atom. The van der Waals surface area contributed by atoms with Gasteiger partial charge in [-0.15, -0.1) is 0 Å². The van der Waals surface area contributed by atoms with Crippen LogP contribution in [0.3, 0.4) is 0 Å². The summed E-state index contributed by atoms with van der Waals surface area (Å²) in [5.41, 5.74) is 5.97. The summed E-state index contributed by atoms with van der Waals surface area (Å²) < 4.78 is 10.6. The van der Waals surface area contributed by atoms with E-state index in [1.807, 2.05) is 78.8 Å². The number of amides is 1. The molecule has 1 aromatic carbocycles. The second-order valence-corrected chi connectivity index (χ2v) is 14.4. The number of benzene rings is 1. The van der Waals surface area contributed by atoms with Crippen LogP contribution in [0.1, 0.15) is 113 Å². The van der Waals surface area contributed by atoms with Crippen molar-refractivity contribution in [2.75, 3.05) is 0 Å². The van der Waals surface area contributed by atoms with E-state index in [0.717, 1.165) is 12.0 Å². The van der Waals surface area contributed by atoms with Crippen LogP contribution in [0.4, 0.5) is 0 Å². The average molecular weight is 561 g/mol. The first-order valence-electron chi connectivity index (χ1n) is 14.8. The maximum Gasteiger partial charge on any atom is 0.323 e. The van der Waals surface area contributed by atoms with E-state index in [2.05, 4.69) is 26.1 Å². The van der Waals surface area contributed by atoms with Gasteiger partial charge in [0.1, 0.15) is 18.2 Å². The highest BCUT2D eigenvalue weighted by molar-refractivity contribution is 5.84. The summed E-state index contributed by atoms with van der Waals surface area (Å²) in [7, 11) is 0. The van der Waals surface area contributed by atoms with Crippen LogP contribution in [-0.4, -0.2) is 35.5 Å². The Labute approximate surface area is 243 Å². The van der Waals surface area contributed by atoms with Crippen LogP contribution in [0.2, 0.25) is 0 Å². The largest absolute Gasteiger partial charge is 0.460 e. The van der Waals surface area contributed by atoms with Gasteiger partial charge in [0.05, 0.1) is 6.42 Å². The number of nitrogens with two attached hydrogens (primary N) is 1. The maximum absolute atomic E-state index is 12.8. The molecule has 1 saturated carbocycles. The molecule has 40 heavy (non-hydrogen) atoms. The first-order valence-corrected chi connectivity index (χ1v) is 14.8. The molecule has 0 unspecified atom stereocenters. The molecule has 2 rings (SSSR count). The number of rotatable bonds is 9. The van der Waals surface area contributed by atoms with Crippen LogP contribution in [0.5, 0.6) is 0 Å². The molecule has 7 nitrogen and oxygen atoms in total. The molecule has 1 aliphatic carbocycles. The zero-order chi connectivity index (χ0) is 30.7. The molecule has 1 amide bonds. The molecule has 1 aliphatic rings. The molecular formula is C33H56N2O5. The first kappa shape index (κ1) is 35.6.